The summed E-state index contributed by atoms with van der Waals surface area (Å²) < 4.78 is 25.8. The van der Waals surface area contributed by atoms with Gasteiger partial charge in [-0.2, -0.15) is 0 Å². The van der Waals surface area contributed by atoms with E-state index in [0.717, 1.165) is 26.1 Å². The Balaban J connectivity index is 2.08. The van der Waals surface area contributed by atoms with Crippen LogP contribution >= 0.6 is 0 Å². The largest absolute Gasteiger partial charge is 0.316 e. The van der Waals surface area contributed by atoms with Gasteiger partial charge >= 0.3 is 0 Å². The zero-order valence-electron chi connectivity index (χ0n) is 10.2. The predicted octanol–water partition coefficient (Wildman–Crippen LogP) is 0.800. The summed E-state index contributed by atoms with van der Waals surface area (Å²) in [5.74, 6) is 0. The molecule has 0 unspecified atom stereocenters. The molecule has 0 amide bonds. The second kappa shape index (κ2) is 4.27. The Morgan fingerprint density at radius 3 is 2.62 bits per heavy atom. The maximum atomic E-state index is 12.1. The molecule has 2 aliphatic rings. The third-order valence-corrected chi connectivity index (χ3v) is 6.14. The molecule has 94 valence electrons. The normalized spacial score (nSPS) is 32.7. The fourth-order valence-corrected chi connectivity index (χ4v) is 4.18. The van der Waals surface area contributed by atoms with Gasteiger partial charge in [-0.15, -0.1) is 0 Å². The highest BCUT2D eigenvalue weighted by atomic mass is 32.2. The van der Waals surface area contributed by atoms with Crippen molar-refractivity contribution in [3.63, 3.8) is 0 Å². The first kappa shape index (κ1) is 12.3. The van der Waals surface area contributed by atoms with Crippen molar-refractivity contribution in [2.75, 3.05) is 26.2 Å². The quantitative estimate of drug-likeness (QED) is 0.784. The number of nitrogens with zero attached hydrogens (tertiary/aromatic N) is 1. The number of sulfonamides is 1. The summed E-state index contributed by atoms with van der Waals surface area (Å²) >= 11 is 0. The fourth-order valence-electron chi connectivity index (χ4n) is 2.79. The summed E-state index contributed by atoms with van der Waals surface area (Å²) in [4.78, 5) is 0. The van der Waals surface area contributed by atoms with Crippen LogP contribution in [0.25, 0.3) is 0 Å². The number of hydrogen-bond donors (Lipinski definition) is 1. The third-order valence-electron chi connectivity index (χ3n) is 3.92. The monoisotopic (exact) mass is 246 g/mol. The molecule has 0 aromatic carbocycles. The first-order valence-electron chi connectivity index (χ1n) is 6.16. The van der Waals surface area contributed by atoms with Gasteiger partial charge in [0.25, 0.3) is 0 Å². The highest BCUT2D eigenvalue weighted by molar-refractivity contribution is 7.89. The SMILES string of the molecule is CC(C)S(=O)(=O)N1CC[C@]2(CCCNC2)C1. The van der Waals surface area contributed by atoms with Crippen LogP contribution in [0.15, 0.2) is 0 Å². The Bertz CT molecular complexity index is 345. The molecule has 0 aromatic rings. The van der Waals surface area contributed by atoms with E-state index in [2.05, 4.69) is 5.32 Å². The Morgan fingerprint density at radius 2 is 2.06 bits per heavy atom. The van der Waals surface area contributed by atoms with Gasteiger partial charge in [0.1, 0.15) is 0 Å². The first-order chi connectivity index (χ1) is 7.46. The lowest BCUT2D eigenvalue weighted by atomic mass is 9.80. The Labute approximate surface area is 98.4 Å². The van der Waals surface area contributed by atoms with E-state index in [9.17, 15) is 8.42 Å². The topological polar surface area (TPSA) is 49.4 Å². The van der Waals surface area contributed by atoms with E-state index in [0.29, 0.717) is 6.54 Å². The van der Waals surface area contributed by atoms with Gasteiger partial charge in [-0.25, -0.2) is 12.7 Å². The van der Waals surface area contributed by atoms with Crippen molar-refractivity contribution >= 4 is 10.0 Å². The molecule has 2 aliphatic heterocycles. The standard InChI is InChI=1S/C11H22N2O2S/c1-10(2)16(14,15)13-7-5-11(9-13)4-3-6-12-8-11/h10,12H,3-9H2,1-2H3/t11-/m0/s1. The molecule has 2 heterocycles. The fraction of sp³-hybridized carbons (Fsp3) is 1.00. The molecule has 0 aromatic heterocycles. The van der Waals surface area contributed by atoms with E-state index < -0.39 is 10.0 Å². The van der Waals surface area contributed by atoms with E-state index in [1.54, 1.807) is 18.2 Å². The Morgan fingerprint density at radius 1 is 1.31 bits per heavy atom. The maximum Gasteiger partial charge on any atom is 0.216 e. The van der Waals surface area contributed by atoms with Crippen molar-refractivity contribution in [1.82, 2.24) is 9.62 Å². The maximum absolute atomic E-state index is 12.1. The second-order valence-electron chi connectivity index (χ2n) is 5.46. The van der Waals surface area contributed by atoms with E-state index in [-0.39, 0.29) is 10.7 Å². The van der Waals surface area contributed by atoms with Gasteiger partial charge in [0, 0.05) is 19.6 Å². The molecular formula is C11H22N2O2S. The van der Waals surface area contributed by atoms with Crippen LogP contribution in [0, 0.1) is 5.41 Å². The zero-order valence-corrected chi connectivity index (χ0v) is 11.0. The Kier molecular flexibility index (Phi) is 3.29. The summed E-state index contributed by atoms with van der Waals surface area (Å²) in [6.07, 6.45) is 3.37. The molecule has 16 heavy (non-hydrogen) atoms. The molecule has 1 atom stereocenters. The third kappa shape index (κ3) is 2.13. The van der Waals surface area contributed by atoms with E-state index in [1.165, 1.54) is 12.8 Å². The number of nitrogens with one attached hydrogen (secondary N) is 1. The van der Waals surface area contributed by atoms with Crippen LogP contribution in [0.5, 0.6) is 0 Å². The molecule has 4 nitrogen and oxygen atoms in total. The summed E-state index contributed by atoms with van der Waals surface area (Å²) in [7, 11) is -3.05. The highest BCUT2D eigenvalue weighted by Crippen LogP contribution is 2.37. The van der Waals surface area contributed by atoms with Crippen LogP contribution in [0.4, 0.5) is 0 Å². The van der Waals surface area contributed by atoms with Crippen LogP contribution in [-0.2, 0) is 10.0 Å². The van der Waals surface area contributed by atoms with Crippen LogP contribution in [0.1, 0.15) is 33.1 Å². The van der Waals surface area contributed by atoms with Gasteiger partial charge < -0.3 is 5.32 Å². The van der Waals surface area contributed by atoms with Gasteiger partial charge in [0.05, 0.1) is 5.25 Å². The van der Waals surface area contributed by atoms with Crippen LogP contribution in [0.3, 0.4) is 0 Å². The first-order valence-corrected chi connectivity index (χ1v) is 7.66. The van der Waals surface area contributed by atoms with E-state index >= 15 is 0 Å². The summed E-state index contributed by atoms with van der Waals surface area (Å²) in [5, 5.41) is 3.10. The number of piperidine rings is 1. The van der Waals surface area contributed by atoms with Crippen LogP contribution in [0.2, 0.25) is 0 Å². The summed E-state index contributed by atoms with van der Waals surface area (Å²) in [6.45, 7) is 7.03. The minimum Gasteiger partial charge on any atom is -0.316 e. The van der Waals surface area contributed by atoms with Crippen molar-refractivity contribution in [3.05, 3.63) is 0 Å². The highest BCUT2D eigenvalue weighted by Gasteiger charge is 2.43. The lowest BCUT2D eigenvalue weighted by molar-refractivity contribution is 0.224. The van der Waals surface area contributed by atoms with Gasteiger partial charge in [0.2, 0.25) is 10.0 Å². The van der Waals surface area contributed by atoms with E-state index in [1.807, 2.05) is 0 Å². The van der Waals surface area contributed by atoms with Crippen molar-refractivity contribution in [3.8, 4) is 0 Å². The molecule has 2 rings (SSSR count). The second-order valence-corrected chi connectivity index (χ2v) is 7.95. The molecule has 2 fully saturated rings. The molecule has 0 bridgehead atoms. The van der Waals surface area contributed by atoms with Crippen LogP contribution < -0.4 is 5.32 Å². The molecule has 0 saturated carbocycles. The van der Waals surface area contributed by atoms with Crippen molar-refractivity contribution in [1.29, 1.82) is 0 Å². The molecular weight excluding hydrogens is 224 g/mol. The Hall–Kier alpha value is -0.130. The summed E-state index contributed by atoms with van der Waals surface area (Å²) in [5.41, 5.74) is 0.222. The molecule has 0 radical (unpaired) electrons. The van der Waals surface area contributed by atoms with Crippen molar-refractivity contribution in [2.45, 2.75) is 38.4 Å². The molecule has 1 spiro atoms. The van der Waals surface area contributed by atoms with Crippen LogP contribution in [-0.4, -0.2) is 44.2 Å². The van der Waals surface area contributed by atoms with Gasteiger partial charge in [-0.1, -0.05) is 0 Å². The number of rotatable bonds is 2. The van der Waals surface area contributed by atoms with Crippen molar-refractivity contribution < 1.29 is 8.42 Å². The predicted molar refractivity (Wildman–Crippen MR) is 64.8 cm³/mol. The van der Waals surface area contributed by atoms with Gasteiger partial charge in [-0.05, 0) is 45.1 Å². The van der Waals surface area contributed by atoms with Crippen molar-refractivity contribution in [2.24, 2.45) is 5.41 Å². The average Bonchev–Trinajstić information content (AvgIpc) is 2.64. The zero-order chi connectivity index (χ0) is 11.8. The van der Waals surface area contributed by atoms with Gasteiger partial charge in [0.15, 0.2) is 0 Å². The number of hydrogen-bond acceptors (Lipinski definition) is 3. The molecule has 0 aliphatic carbocycles. The lowest BCUT2D eigenvalue weighted by Crippen LogP contribution is -2.43. The minimum absolute atomic E-state index is 0.222. The molecule has 2 saturated heterocycles. The molecule has 1 N–H and O–H groups in total. The average molecular weight is 246 g/mol. The van der Waals surface area contributed by atoms with E-state index in [4.69, 9.17) is 0 Å². The summed E-state index contributed by atoms with van der Waals surface area (Å²) in [6, 6.07) is 0. The minimum atomic E-state index is -3.05. The smallest absolute Gasteiger partial charge is 0.216 e. The molecule has 5 heteroatoms. The van der Waals surface area contributed by atoms with Gasteiger partial charge in [-0.3, -0.25) is 0 Å². The lowest BCUT2D eigenvalue weighted by Gasteiger charge is -2.34.